The Morgan fingerprint density at radius 2 is 1.18 bits per heavy atom. The van der Waals surface area contributed by atoms with Gasteiger partial charge in [-0.15, -0.1) is 0 Å². The predicted molar refractivity (Wildman–Crippen MR) is 96.5 cm³/mol. The molecule has 0 atom stereocenters. The molecule has 3 N–H and O–H groups in total. The highest BCUT2D eigenvalue weighted by Gasteiger charge is 2.31. The summed E-state index contributed by atoms with van der Waals surface area (Å²) in [6.07, 6.45) is 13.6. The van der Waals surface area contributed by atoms with Crippen molar-refractivity contribution in [2.75, 3.05) is 6.61 Å². The molecule has 0 aromatic carbocycles. The van der Waals surface area contributed by atoms with Gasteiger partial charge in [0, 0.05) is 0 Å². The molecule has 3 nitrogen and oxygen atoms in total. The highest BCUT2D eigenvalue weighted by Crippen LogP contribution is 2.40. The summed E-state index contributed by atoms with van der Waals surface area (Å²) >= 11 is 0. The van der Waals surface area contributed by atoms with E-state index in [1.165, 1.54) is 57.8 Å². The molecule has 0 radical (unpaired) electrons. The quantitative estimate of drug-likeness (QED) is 0.296. The molecule has 0 saturated carbocycles. The van der Waals surface area contributed by atoms with Gasteiger partial charge in [-0.1, -0.05) is 72.6 Å². The molecule has 3 heteroatoms. The number of ether oxygens (including phenoxy) is 1. The number of carbonyl (C=O) groups is 1. The van der Waals surface area contributed by atoms with Crippen molar-refractivity contribution in [1.29, 1.82) is 0 Å². The molecule has 0 heterocycles. The second-order valence-corrected chi connectivity index (χ2v) is 6.56. The third kappa shape index (κ3) is 11.1. The Hall–Kier alpha value is -0.570. The van der Waals surface area contributed by atoms with Gasteiger partial charge in [0.15, 0.2) is 0 Å². The molecule has 0 saturated heterocycles. The van der Waals surface area contributed by atoms with Crippen LogP contribution in [0.25, 0.3) is 0 Å². The van der Waals surface area contributed by atoms with Crippen molar-refractivity contribution in [3.63, 3.8) is 0 Å². The van der Waals surface area contributed by atoms with Crippen LogP contribution >= 0.6 is 0 Å². The lowest BCUT2D eigenvalue weighted by atomic mass is 9.72. The normalized spacial score (nSPS) is 11.1. The second kappa shape index (κ2) is 15.3. The summed E-state index contributed by atoms with van der Waals surface area (Å²) in [4.78, 5) is 12.2. The van der Waals surface area contributed by atoms with Crippen LogP contribution in [0.15, 0.2) is 0 Å². The minimum absolute atomic E-state index is 0. The zero-order chi connectivity index (χ0) is 16.0. The van der Waals surface area contributed by atoms with Gasteiger partial charge in [-0.05, 0) is 31.1 Å². The molecular weight excluding hydrogens is 274 g/mol. The first-order chi connectivity index (χ1) is 10.1. The van der Waals surface area contributed by atoms with E-state index in [0.29, 0.717) is 13.0 Å². The number of unbranched alkanes of at least 4 members (excludes halogenated alkanes) is 4. The van der Waals surface area contributed by atoms with E-state index in [0.717, 1.165) is 12.8 Å². The molecule has 134 valence electrons. The van der Waals surface area contributed by atoms with E-state index in [4.69, 9.17) is 4.74 Å². The number of hydrogen-bond acceptors (Lipinski definition) is 3. The number of carbonyl (C=O) groups excluding carboxylic acids is 1. The summed E-state index contributed by atoms with van der Waals surface area (Å²) in [6, 6.07) is 0. The lowest BCUT2D eigenvalue weighted by Crippen LogP contribution is -2.26. The topological polar surface area (TPSA) is 61.3 Å². The summed E-state index contributed by atoms with van der Waals surface area (Å²) in [5.74, 6) is 0.0340. The van der Waals surface area contributed by atoms with Gasteiger partial charge in [-0.2, -0.15) is 0 Å². The van der Waals surface area contributed by atoms with Crippen molar-refractivity contribution in [2.45, 2.75) is 105 Å². The summed E-state index contributed by atoms with van der Waals surface area (Å²) in [5, 5.41) is 0. The highest BCUT2D eigenvalue weighted by atomic mass is 16.5. The van der Waals surface area contributed by atoms with Crippen LogP contribution < -0.4 is 6.15 Å². The van der Waals surface area contributed by atoms with E-state index in [2.05, 4.69) is 27.7 Å². The first-order valence-electron chi connectivity index (χ1n) is 9.29. The van der Waals surface area contributed by atoms with Crippen LogP contribution in [0.4, 0.5) is 0 Å². The lowest BCUT2D eigenvalue weighted by molar-refractivity contribution is -0.147. The van der Waals surface area contributed by atoms with Crippen LogP contribution in [0, 0.1) is 5.41 Å². The van der Waals surface area contributed by atoms with Gasteiger partial charge in [0.2, 0.25) is 0 Å². The molecule has 0 rings (SSSR count). The summed E-state index contributed by atoms with van der Waals surface area (Å²) in [6.45, 7) is 9.44. The Morgan fingerprint density at radius 3 is 1.55 bits per heavy atom. The minimum atomic E-state index is 0. The van der Waals surface area contributed by atoms with Gasteiger partial charge in [-0.3, -0.25) is 4.79 Å². The largest absolute Gasteiger partial charge is 0.466 e. The molecule has 22 heavy (non-hydrogen) atoms. The highest BCUT2D eigenvalue weighted by molar-refractivity contribution is 5.70. The average Bonchev–Trinajstić information content (AvgIpc) is 2.49. The van der Waals surface area contributed by atoms with Gasteiger partial charge in [-0.25, -0.2) is 0 Å². The maximum Gasteiger partial charge on any atom is 0.306 e. The van der Waals surface area contributed by atoms with Crippen LogP contribution in [0.1, 0.15) is 105 Å². The van der Waals surface area contributed by atoms with E-state index in [1.54, 1.807) is 0 Å². The molecule has 0 fully saturated rings. The Labute approximate surface area is 139 Å². The molecule has 0 amide bonds. The van der Waals surface area contributed by atoms with E-state index in [9.17, 15) is 4.79 Å². The third-order valence-corrected chi connectivity index (χ3v) is 4.46. The van der Waals surface area contributed by atoms with E-state index in [1.807, 2.05) is 0 Å². The zero-order valence-corrected chi connectivity index (χ0v) is 15.7. The molecule has 0 aliphatic rings. The van der Waals surface area contributed by atoms with Gasteiger partial charge >= 0.3 is 5.97 Å². The smallest absolute Gasteiger partial charge is 0.306 e. The Balaban J connectivity index is 0. The summed E-state index contributed by atoms with van der Waals surface area (Å²) < 4.78 is 5.44. The van der Waals surface area contributed by atoms with Crippen molar-refractivity contribution in [2.24, 2.45) is 5.41 Å². The SMILES string of the molecule is CCCCOC(=O)CC(CCCC)(CCCC)CCCC.N. The number of esters is 1. The van der Waals surface area contributed by atoms with E-state index < -0.39 is 0 Å². The first-order valence-corrected chi connectivity index (χ1v) is 9.29. The summed E-state index contributed by atoms with van der Waals surface area (Å²) in [5.41, 5.74) is 0.200. The van der Waals surface area contributed by atoms with Crippen LogP contribution in [0.5, 0.6) is 0 Å². The fraction of sp³-hybridized carbons (Fsp3) is 0.947. The molecule has 0 aliphatic carbocycles. The van der Waals surface area contributed by atoms with Crippen molar-refractivity contribution in [3.05, 3.63) is 0 Å². The van der Waals surface area contributed by atoms with Crippen molar-refractivity contribution in [3.8, 4) is 0 Å². The first kappa shape index (κ1) is 23.7. The second-order valence-electron chi connectivity index (χ2n) is 6.56. The fourth-order valence-corrected chi connectivity index (χ4v) is 2.98. The number of rotatable bonds is 14. The zero-order valence-electron chi connectivity index (χ0n) is 15.7. The fourth-order valence-electron chi connectivity index (χ4n) is 2.98. The predicted octanol–water partition coefficient (Wildman–Crippen LogP) is 6.44. The molecule has 0 spiro atoms. The van der Waals surface area contributed by atoms with E-state index in [-0.39, 0.29) is 17.5 Å². The minimum Gasteiger partial charge on any atom is -0.466 e. The summed E-state index contributed by atoms with van der Waals surface area (Å²) in [7, 11) is 0. The Kier molecular flexibility index (Phi) is 16.5. The van der Waals surface area contributed by atoms with Gasteiger partial charge in [0.25, 0.3) is 0 Å². The maximum atomic E-state index is 12.2. The lowest BCUT2D eigenvalue weighted by Gasteiger charge is -2.33. The standard InChI is InChI=1S/C19H38O2.H3N/c1-5-9-13-19(14-10-6-2,15-11-7-3)17-18(20)21-16-12-8-4;/h5-17H2,1-4H3;1H3. The van der Waals surface area contributed by atoms with Crippen LogP contribution in [0.3, 0.4) is 0 Å². The molecular formula is C19H41NO2. The molecule has 0 aromatic heterocycles. The maximum absolute atomic E-state index is 12.2. The van der Waals surface area contributed by atoms with Crippen LogP contribution in [-0.2, 0) is 9.53 Å². The molecule has 0 aliphatic heterocycles. The average molecular weight is 316 g/mol. The van der Waals surface area contributed by atoms with E-state index >= 15 is 0 Å². The Bertz CT molecular complexity index is 232. The van der Waals surface area contributed by atoms with Crippen LogP contribution in [-0.4, -0.2) is 12.6 Å². The molecule has 0 aromatic rings. The van der Waals surface area contributed by atoms with Crippen molar-refractivity contribution < 1.29 is 9.53 Å². The van der Waals surface area contributed by atoms with Gasteiger partial charge in [0.1, 0.15) is 0 Å². The van der Waals surface area contributed by atoms with Crippen molar-refractivity contribution >= 4 is 5.97 Å². The van der Waals surface area contributed by atoms with Crippen LogP contribution in [0.2, 0.25) is 0 Å². The van der Waals surface area contributed by atoms with Gasteiger partial charge in [0.05, 0.1) is 13.0 Å². The molecule has 0 unspecified atom stereocenters. The third-order valence-electron chi connectivity index (χ3n) is 4.46. The van der Waals surface area contributed by atoms with Crippen molar-refractivity contribution in [1.82, 2.24) is 6.15 Å². The van der Waals surface area contributed by atoms with Gasteiger partial charge < -0.3 is 10.9 Å². The molecule has 0 bridgehead atoms. The monoisotopic (exact) mass is 315 g/mol. The number of hydrogen-bond donors (Lipinski definition) is 1. The Morgan fingerprint density at radius 1 is 0.773 bits per heavy atom.